The number of nitrogens with one attached hydrogen (secondary N) is 2. The summed E-state index contributed by atoms with van der Waals surface area (Å²) in [5, 5.41) is 17.0. The van der Waals surface area contributed by atoms with Gasteiger partial charge in [0.2, 0.25) is 0 Å². The van der Waals surface area contributed by atoms with Crippen molar-refractivity contribution in [2.75, 3.05) is 32.8 Å². The Bertz CT molecular complexity index is 462. The average molecular weight is 433 g/mol. The van der Waals surface area contributed by atoms with Crippen molar-refractivity contribution in [3.8, 4) is 0 Å². The van der Waals surface area contributed by atoms with Crippen LogP contribution < -0.4 is 10.6 Å². The third kappa shape index (κ3) is 7.50. The van der Waals surface area contributed by atoms with Gasteiger partial charge < -0.3 is 20.5 Å². The molecule has 130 valence electrons. The number of aliphatic hydroxyl groups is 1. The summed E-state index contributed by atoms with van der Waals surface area (Å²) < 4.78 is 5.29. The van der Waals surface area contributed by atoms with E-state index in [9.17, 15) is 5.11 Å². The minimum atomic E-state index is -0.722. The van der Waals surface area contributed by atoms with Gasteiger partial charge in [-0.2, -0.15) is 0 Å². The fourth-order valence-corrected chi connectivity index (χ4v) is 2.45. The number of aliphatic imine (C=N–C) groups is 1. The van der Waals surface area contributed by atoms with E-state index in [4.69, 9.17) is 4.74 Å². The lowest BCUT2D eigenvalue weighted by Crippen LogP contribution is -2.43. The zero-order valence-corrected chi connectivity index (χ0v) is 16.1. The smallest absolute Gasteiger partial charge is 0.191 e. The lowest BCUT2D eigenvalue weighted by atomic mass is 9.95. The summed E-state index contributed by atoms with van der Waals surface area (Å²) in [7, 11) is 0. The van der Waals surface area contributed by atoms with Crippen LogP contribution in [0.5, 0.6) is 0 Å². The molecule has 6 heteroatoms. The summed E-state index contributed by atoms with van der Waals surface area (Å²) in [4.78, 5) is 4.53. The standard InChI is InChI=1S/C17H27N3O2.HI/c1-2-18-16(19-11-8-15-6-4-3-5-7-15)20-14-17(21)9-12-22-13-10-17;/h3-7,21H,2,8-14H2,1H3,(H2,18,19,20);1H. The first-order valence-corrected chi connectivity index (χ1v) is 8.08. The first-order valence-electron chi connectivity index (χ1n) is 8.08. The molecule has 5 nitrogen and oxygen atoms in total. The number of ether oxygens (including phenoxy) is 1. The molecule has 1 aliphatic heterocycles. The van der Waals surface area contributed by atoms with Crippen molar-refractivity contribution in [1.29, 1.82) is 0 Å². The maximum atomic E-state index is 10.4. The second-order valence-corrected chi connectivity index (χ2v) is 5.69. The van der Waals surface area contributed by atoms with E-state index in [1.54, 1.807) is 0 Å². The molecule has 1 saturated heterocycles. The lowest BCUT2D eigenvalue weighted by molar-refractivity contribution is -0.0565. The summed E-state index contributed by atoms with van der Waals surface area (Å²) >= 11 is 0. The van der Waals surface area contributed by atoms with Crippen LogP contribution in [-0.4, -0.2) is 49.5 Å². The number of guanidine groups is 1. The lowest BCUT2D eigenvalue weighted by Gasteiger charge is -2.30. The molecule has 0 saturated carbocycles. The molecule has 0 aromatic heterocycles. The van der Waals surface area contributed by atoms with Gasteiger partial charge >= 0.3 is 0 Å². The number of rotatable bonds is 6. The van der Waals surface area contributed by atoms with Crippen LogP contribution in [0.3, 0.4) is 0 Å². The number of hydrogen-bond donors (Lipinski definition) is 3. The maximum Gasteiger partial charge on any atom is 0.191 e. The Balaban J connectivity index is 0.00000264. The highest BCUT2D eigenvalue weighted by Gasteiger charge is 2.29. The summed E-state index contributed by atoms with van der Waals surface area (Å²) in [6, 6.07) is 10.4. The van der Waals surface area contributed by atoms with Crippen LogP contribution in [0.4, 0.5) is 0 Å². The Labute approximate surface area is 155 Å². The van der Waals surface area contributed by atoms with Gasteiger partial charge in [-0.05, 0) is 18.9 Å². The topological polar surface area (TPSA) is 65.9 Å². The fraction of sp³-hybridized carbons (Fsp3) is 0.588. The second kappa shape index (κ2) is 10.8. The highest BCUT2D eigenvalue weighted by molar-refractivity contribution is 14.0. The van der Waals surface area contributed by atoms with Gasteiger partial charge in [0.25, 0.3) is 0 Å². The quantitative estimate of drug-likeness (QED) is 0.365. The monoisotopic (exact) mass is 433 g/mol. The zero-order chi connectivity index (χ0) is 15.7. The van der Waals surface area contributed by atoms with Crippen LogP contribution in [0, 0.1) is 0 Å². The van der Waals surface area contributed by atoms with Gasteiger partial charge in [0.1, 0.15) is 0 Å². The van der Waals surface area contributed by atoms with E-state index in [1.807, 2.05) is 13.0 Å². The van der Waals surface area contributed by atoms with E-state index in [1.165, 1.54) is 5.56 Å². The van der Waals surface area contributed by atoms with Gasteiger partial charge in [0, 0.05) is 39.1 Å². The van der Waals surface area contributed by atoms with E-state index < -0.39 is 5.60 Å². The summed E-state index contributed by atoms with van der Waals surface area (Å²) in [6.07, 6.45) is 2.25. The molecule has 0 aliphatic carbocycles. The largest absolute Gasteiger partial charge is 0.388 e. The molecule has 23 heavy (non-hydrogen) atoms. The first kappa shape index (κ1) is 20.2. The molecule has 0 atom stereocenters. The highest BCUT2D eigenvalue weighted by atomic mass is 127. The fourth-order valence-electron chi connectivity index (χ4n) is 2.45. The predicted octanol–water partition coefficient (Wildman–Crippen LogP) is 1.94. The van der Waals surface area contributed by atoms with Gasteiger partial charge in [-0.15, -0.1) is 24.0 Å². The molecule has 3 N–H and O–H groups in total. The summed E-state index contributed by atoms with van der Waals surface area (Å²) in [5.74, 6) is 0.762. The number of nitrogens with zero attached hydrogens (tertiary/aromatic N) is 1. The normalized spacial score (nSPS) is 17.2. The zero-order valence-electron chi connectivity index (χ0n) is 13.8. The second-order valence-electron chi connectivity index (χ2n) is 5.69. The van der Waals surface area contributed by atoms with Crippen LogP contribution >= 0.6 is 24.0 Å². The van der Waals surface area contributed by atoms with Crippen molar-refractivity contribution < 1.29 is 9.84 Å². The molecular formula is C17H28IN3O2. The van der Waals surface area contributed by atoms with Crippen LogP contribution in [-0.2, 0) is 11.2 Å². The van der Waals surface area contributed by atoms with Gasteiger partial charge in [0.05, 0.1) is 12.1 Å². The molecule has 1 fully saturated rings. The SMILES string of the molecule is CCNC(=NCC1(O)CCOCC1)NCCc1ccccc1.I. The molecule has 0 amide bonds. The van der Waals surface area contributed by atoms with Crippen molar-refractivity contribution in [2.24, 2.45) is 4.99 Å². The van der Waals surface area contributed by atoms with E-state index >= 15 is 0 Å². The van der Waals surface area contributed by atoms with Crippen LogP contribution in [0.1, 0.15) is 25.3 Å². The predicted molar refractivity (Wildman–Crippen MR) is 105 cm³/mol. The van der Waals surface area contributed by atoms with Crippen LogP contribution in [0.15, 0.2) is 35.3 Å². The van der Waals surface area contributed by atoms with E-state index in [2.05, 4.69) is 39.9 Å². The number of benzene rings is 1. The molecule has 0 unspecified atom stereocenters. The van der Waals surface area contributed by atoms with E-state index in [0.29, 0.717) is 32.6 Å². The third-order valence-electron chi connectivity index (χ3n) is 3.85. The number of halogens is 1. The minimum Gasteiger partial charge on any atom is -0.388 e. The summed E-state index contributed by atoms with van der Waals surface area (Å²) in [6.45, 7) is 5.30. The van der Waals surface area contributed by atoms with Crippen molar-refractivity contribution >= 4 is 29.9 Å². The van der Waals surface area contributed by atoms with Crippen molar-refractivity contribution in [3.63, 3.8) is 0 Å². The molecule has 1 aromatic carbocycles. The molecule has 0 spiro atoms. The van der Waals surface area contributed by atoms with Crippen LogP contribution in [0.2, 0.25) is 0 Å². The van der Waals surface area contributed by atoms with Gasteiger partial charge in [-0.3, -0.25) is 4.99 Å². The molecule has 1 heterocycles. The van der Waals surface area contributed by atoms with E-state index in [-0.39, 0.29) is 24.0 Å². The molecule has 0 radical (unpaired) electrons. The Kier molecular flexibility index (Phi) is 9.50. The van der Waals surface area contributed by atoms with Gasteiger partial charge in [-0.25, -0.2) is 0 Å². The molecule has 1 aromatic rings. The van der Waals surface area contributed by atoms with Crippen molar-refractivity contribution in [2.45, 2.75) is 31.8 Å². The first-order chi connectivity index (χ1) is 10.7. The summed E-state index contributed by atoms with van der Waals surface area (Å²) in [5.41, 5.74) is 0.578. The maximum absolute atomic E-state index is 10.4. The Morgan fingerprint density at radius 1 is 1.22 bits per heavy atom. The van der Waals surface area contributed by atoms with Crippen LogP contribution in [0.25, 0.3) is 0 Å². The molecule has 2 rings (SSSR count). The molecule has 1 aliphatic rings. The Morgan fingerprint density at radius 3 is 2.57 bits per heavy atom. The van der Waals surface area contributed by atoms with Gasteiger partial charge in [0.15, 0.2) is 5.96 Å². The minimum absolute atomic E-state index is 0. The average Bonchev–Trinajstić information content (AvgIpc) is 2.54. The number of hydrogen-bond acceptors (Lipinski definition) is 3. The van der Waals surface area contributed by atoms with Crippen molar-refractivity contribution in [3.05, 3.63) is 35.9 Å². The Morgan fingerprint density at radius 2 is 1.91 bits per heavy atom. The van der Waals surface area contributed by atoms with E-state index in [0.717, 1.165) is 25.5 Å². The van der Waals surface area contributed by atoms with Crippen molar-refractivity contribution in [1.82, 2.24) is 10.6 Å². The third-order valence-corrected chi connectivity index (χ3v) is 3.85. The molecule has 0 bridgehead atoms. The van der Waals surface area contributed by atoms with Gasteiger partial charge in [-0.1, -0.05) is 30.3 Å². The molecular weight excluding hydrogens is 405 g/mol. The Hall–Kier alpha value is -0.860. The highest BCUT2D eigenvalue weighted by Crippen LogP contribution is 2.20.